The van der Waals surface area contributed by atoms with Crippen LogP contribution in [0.25, 0.3) is 0 Å². The van der Waals surface area contributed by atoms with E-state index in [0.717, 1.165) is 31.1 Å². The van der Waals surface area contributed by atoms with E-state index in [2.05, 4.69) is 38.1 Å². The quantitative estimate of drug-likeness (QED) is 0.475. The van der Waals surface area contributed by atoms with E-state index in [1.807, 2.05) is 41.2 Å². The molecule has 2 N–H and O–H groups in total. The van der Waals surface area contributed by atoms with Gasteiger partial charge in [0.2, 0.25) is 0 Å². The average molecular weight is 444 g/mol. The highest BCUT2D eigenvalue weighted by molar-refractivity contribution is 4.84. The van der Waals surface area contributed by atoms with E-state index < -0.39 is 6.10 Å². The second-order valence-corrected chi connectivity index (χ2v) is 9.06. The Bertz CT molecular complexity index is 535. The van der Waals surface area contributed by atoms with Crippen LogP contribution in [0, 0.1) is 30.2 Å². The molecule has 0 aromatic heterocycles. The molecule has 3 aliphatic rings. The first-order valence-electron chi connectivity index (χ1n) is 10.8. The van der Waals surface area contributed by atoms with Crippen molar-refractivity contribution in [1.29, 1.82) is 0 Å². The van der Waals surface area contributed by atoms with Crippen molar-refractivity contribution in [3.8, 4) is 0 Å². The van der Waals surface area contributed by atoms with Gasteiger partial charge in [-0.25, -0.2) is 0 Å². The smallest absolute Gasteiger partial charge is 0.117 e. The SMILES string of the molecule is CC(C)[C@H]1CC[C@H](C)C[C@@H]1OCN1C=[C-]N(C)C1.CN1C=[C-]N(C[C@H](O)CO)C1.[Cl-]. The molecular formula is C22H40ClN4O3-3. The molecule has 2 heterocycles. The molecule has 7 nitrogen and oxygen atoms in total. The Morgan fingerprint density at radius 3 is 2.40 bits per heavy atom. The predicted molar refractivity (Wildman–Crippen MR) is 114 cm³/mol. The van der Waals surface area contributed by atoms with E-state index in [1.54, 1.807) is 0 Å². The molecule has 30 heavy (non-hydrogen) atoms. The van der Waals surface area contributed by atoms with E-state index in [-0.39, 0.29) is 19.0 Å². The second kappa shape index (κ2) is 13.3. The van der Waals surface area contributed by atoms with E-state index in [1.165, 1.54) is 19.3 Å². The first-order chi connectivity index (χ1) is 13.8. The highest BCUT2D eigenvalue weighted by atomic mass is 35.5. The number of hydrogen-bond donors (Lipinski definition) is 2. The summed E-state index contributed by atoms with van der Waals surface area (Å²) in [4.78, 5) is 7.99. The minimum absolute atomic E-state index is 0. The lowest BCUT2D eigenvalue weighted by molar-refractivity contribution is -0.0730. The van der Waals surface area contributed by atoms with Gasteiger partial charge < -0.3 is 59.4 Å². The predicted octanol–water partition coefficient (Wildman–Crippen LogP) is -1.28. The van der Waals surface area contributed by atoms with Crippen molar-refractivity contribution in [2.24, 2.45) is 17.8 Å². The Hall–Kier alpha value is -1.15. The average Bonchev–Trinajstić information content (AvgIpc) is 3.28. The van der Waals surface area contributed by atoms with Gasteiger partial charge in [-0.15, -0.1) is 0 Å². The molecule has 2 aliphatic heterocycles. The molecule has 0 spiro atoms. The fourth-order valence-electron chi connectivity index (χ4n) is 4.06. The van der Waals surface area contributed by atoms with Gasteiger partial charge in [0.05, 0.1) is 32.2 Å². The van der Waals surface area contributed by atoms with Crippen LogP contribution in [0.3, 0.4) is 0 Å². The standard InChI is InChI=1S/C15H27N2O.C7H13N2O2.ClH/c1-12(2)14-6-5-13(3)9-15(14)18-11-17-8-7-16(4)10-17;1-8-2-3-9(6-8)4-7(11)5-10;/h8,12-15H,5-6,9-11H2,1-4H3;2,7,10-11H,4-6H2,1H3;1H/q2*-1;/p-1/t13-,14+,15-;7-;/m00./s1. The van der Waals surface area contributed by atoms with Crippen LogP contribution in [-0.4, -0.2) is 89.3 Å². The molecule has 0 aromatic rings. The molecule has 4 atom stereocenters. The molecule has 0 aromatic carbocycles. The molecule has 1 fully saturated rings. The van der Waals surface area contributed by atoms with Gasteiger partial charge in [0, 0.05) is 13.6 Å². The Labute approximate surface area is 189 Å². The monoisotopic (exact) mass is 443 g/mol. The Balaban J connectivity index is 0.000000324. The summed E-state index contributed by atoms with van der Waals surface area (Å²) in [6.45, 7) is 9.59. The lowest BCUT2D eigenvalue weighted by Gasteiger charge is -2.38. The number of nitrogens with zero attached hydrogens (tertiary/aromatic N) is 4. The van der Waals surface area contributed by atoms with E-state index in [9.17, 15) is 0 Å². The summed E-state index contributed by atoms with van der Waals surface area (Å²) in [6.07, 6.45) is 13.6. The summed E-state index contributed by atoms with van der Waals surface area (Å²) >= 11 is 0. The molecule has 0 saturated heterocycles. The van der Waals surface area contributed by atoms with E-state index >= 15 is 0 Å². The molecule has 0 radical (unpaired) electrons. The normalized spacial score (nSPS) is 26.7. The van der Waals surface area contributed by atoms with Crippen molar-refractivity contribution in [2.45, 2.75) is 52.2 Å². The van der Waals surface area contributed by atoms with Crippen molar-refractivity contribution in [3.63, 3.8) is 0 Å². The van der Waals surface area contributed by atoms with Crippen molar-refractivity contribution in [3.05, 3.63) is 24.8 Å². The second-order valence-electron chi connectivity index (χ2n) is 9.06. The molecule has 0 amide bonds. The van der Waals surface area contributed by atoms with E-state index in [0.29, 0.717) is 19.4 Å². The minimum atomic E-state index is -0.664. The summed E-state index contributed by atoms with van der Waals surface area (Å²) < 4.78 is 6.19. The van der Waals surface area contributed by atoms with Crippen LogP contribution >= 0.6 is 0 Å². The number of halogens is 1. The van der Waals surface area contributed by atoms with Crippen molar-refractivity contribution >= 4 is 0 Å². The summed E-state index contributed by atoms with van der Waals surface area (Å²) in [6, 6.07) is 0. The number of aliphatic hydroxyl groups excluding tert-OH is 2. The Morgan fingerprint density at radius 2 is 1.87 bits per heavy atom. The van der Waals surface area contributed by atoms with Crippen molar-refractivity contribution in [2.75, 3.05) is 47.3 Å². The van der Waals surface area contributed by atoms with Gasteiger partial charge in [0.1, 0.15) is 6.73 Å². The number of rotatable bonds is 7. The van der Waals surface area contributed by atoms with Crippen LogP contribution in [0.4, 0.5) is 0 Å². The molecule has 1 saturated carbocycles. The highest BCUT2D eigenvalue weighted by Gasteiger charge is 2.31. The minimum Gasteiger partial charge on any atom is -1.00 e. The lowest BCUT2D eigenvalue weighted by Crippen LogP contribution is -3.00. The van der Waals surface area contributed by atoms with Gasteiger partial charge in [0.15, 0.2) is 0 Å². The van der Waals surface area contributed by atoms with Crippen LogP contribution < -0.4 is 12.4 Å². The van der Waals surface area contributed by atoms with Gasteiger partial charge in [-0.1, -0.05) is 27.2 Å². The van der Waals surface area contributed by atoms with Crippen LogP contribution in [-0.2, 0) is 4.74 Å². The van der Waals surface area contributed by atoms with Crippen LogP contribution in [0.15, 0.2) is 12.4 Å². The molecule has 0 bridgehead atoms. The lowest BCUT2D eigenvalue weighted by atomic mass is 9.75. The van der Waals surface area contributed by atoms with Crippen LogP contribution in [0.2, 0.25) is 0 Å². The third-order valence-electron chi connectivity index (χ3n) is 5.77. The fraction of sp³-hybridized carbons (Fsp3) is 0.818. The van der Waals surface area contributed by atoms with Crippen LogP contribution in [0.5, 0.6) is 0 Å². The first kappa shape index (κ1) is 26.9. The topological polar surface area (TPSA) is 62.7 Å². The molecule has 0 unspecified atom stereocenters. The largest absolute Gasteiger partial charge is 1.00 e. The Morgan fingerprint density at radius 1 is 1.13 bits per heavy atom. The number of hydrogen-bond acceptors (Lipinski definition) is 7. The molecule has 176 valence electrons. The maximum absolute atomic E-state index is 9.04. The molecule has 8 heteroatoms. The molecular weight excluding hydrogens is 404 g/mol. The van der Waals surface area contributed by atoms with E-state index in [4.69, 9.17) is 14.9 Å². The van der Waals surface area contributed by atoms with Gasteiger partial charge in [-0.3, -0.25) is 0 Å². The number of ether oxygens (including phenoxy) is 1. The summed E-state index contributed by atoms with van der Waals surface area (Å²) in [5, 5.41) is 17.6. The third kappa shape index (κ3) is 8.92. The fourth-order valence-corrected chi connectivity index (χ4v) is 4.06. The summed E-state index contributed by atoms with van der Waals surface area (Å²) in [5.74, 6) is 2.27. The zero-order chi connectivity index (χ0) is 21.4. The van der Waals surface area contributed by atoms with Gasteiger partial charge in [-0.05, 0) is 37.6 Å². The summed E-state index contributed by atoms with van der Waals surface area (Å²) in [7, 11) is 3.97. The number of aliphatic hydroxyl groups is 2. The maximum Gasteiger partial charge on any atom is 0.117 e. The Kier molecular flexibility index (Phi) is 11.9. The molecule has 1 aliphatic carbocycles. The zero-order valence-corrected chi connectivity index (χ0v) is 19.9. The molecule has 3 rings (SSSR count). The first-order valence-corrected chi connectivity index (χ1v) is 10.8. The van der Waals surface area contributed by atoms with Crippen molar-refractivity contribution < 1.29 is 27.4 Å². The van der Waals surface area contributed by atoms with Gasteiger partial charge >= 0.3 is 0 Å². The highest BCUT2D eigenvalue weighted by Crippen LogP contribution is 2.35. The van der Waals surface area contributed by atoms with Gasteiger partial charge in [-0.2, -0.15) is 12.4 Å². The van der Waals surface area contributed by atoms with Crippen molar-refractivity contribution in [1.82, 2.24) is 19.6 Å². The third-order valence-corrected chi connectivity index (χ3v) is 5.77. The number of β-amino-alcohol motifs (C(OH)–C–C–N with tert-alkyl or cyclic N) is 1. The van der Waals surface area contributed by atoms with Gasteiger partial charge in [0.25, 0.3) is 0 Å². The summed E-state index contributed by atoms with van der Waals surface area (Å²) in [5.41, 5.74) is 0. The zero-order valence-electron chi connectivity index (χ0n) is 19.2. The van der Waals surface area contributed by atoms with Crippen LogP contribution in [0.1, 0.15) is 40.0 Å². The maximum atomic E-state index is 9.04.